The van der Waals surface area contributed by atoms with E-state index in [4.69, 9.17) is 5.73 Å². The van der Waals surface area contributed by atoms with Crippen LogP contribution in [0.2, 0.25) is 0 Å². The van der Waals surface area contributed by atoms with E-state index in [9.17, 15) is 8.42 Å². The second-order valence-corrected chi connectivity index (χ2v) is 7.86. The Labute approximate surface area is 125 Å². The van der Waals surface area contributed by atoms with Crippen molar-refractivity contribution < 1.29 is 8.42 Å². The van der Waals surface area contributed by atoms with Crippen LogP contribution in [0, 0.1) is 0 Å². The van der Waals surface area contributed by atoms with Gasteiger partial charge in [-0.2, -0.15) is 11.8 Å². The van der Waals surface area contributed by atoms with Crippen molar-refractivity contribution >= 4 is 21.8 Å². The van der Waals surface area contributed by atoms with Crippen molar-refractivity contribution in [2.24, 2.45) is 5.73 Å². The van der Waals surface area contributed by atoms with E-state index in [1.54, 1.807) is 30.0 Å². The molecular formula is C14H22N2O2S2. The first-order valence-corrected chi connectivity index (χ1v) is 9.68. The lowest BCUT2D eigenvalue weighted by Gasteiger charge is -2.30. The molecule has 2 atom stereocenters. The minimum Gasteiger partial charge on any atom is -0.326 e. The molecule has 112 valence electrons. The second-order valence-electron chi connectivity index (χ2n) is 5.10. The summed E-state index contributed by atoms with van der Waals surface area (Å²) >= 11 is 1.75. The van der Waals surface area contributed by atoms with Crippen LogP contribution in [0.5, 0.6) is 0 Å². The third kappa shape index (κ3) is 3.55. The van der Waals surface area contributed by atoms with Gasteiger partial charge in [0.05, 0.1) is 4.90 Å². The maximum atomic E-state index is 12.6. The van der Waals surface area contributed by atoms with Crippen LogP contribution in [0.1, 0.15) is 31.2 Å². The number of nitrogens with one attached hydrogen (secondary N) is 1. The second kappa shape index (κ2) is 6.93. The summed E-state index contributed by atoms with van der Waals surface area (Å²) in [6.07, 6.45) is 6.30. The number of thioether (sulfide) groups is 1. The highest BCUT2D eigenvalue weighted by atomic mass is 32.2. The fraction of sp³-hybridized carbons (Fsp3) is 0.571. The van der Waals surface area contributed by atoms with Crippen LogP contribution in [0.3, 0.4) is 0 Å². The van der Waals surface area contributed by atoms with Crippen molar-refractivity contribution in [3.05, 3.63) is 29.8 Å². The number of nitrogens with two attached hydrogens (primary N) is 1. The summed E-state index contributed by atoms with van der Waals surface area (Å²) in [7, 11) is -3.49. The van der Waals surface area contributed by atoms with Crippen molar-refractivity contribution in [2.75, 3.05) is 6.26 Å². The Morgan fingerprint density at radius 3 is 2.70 bits per heavy atom. The zero-order valence-electron chi connectivity index (χ0n) is 11.7. The van der Waals surface area contributed by atoms with E-state index in [-0.39, 0.29) is 12.6 Å². The molecule has 0 spiro atoms. The lowest BCUT2D eigenvalue weighted by atomic mass is 9.96. The summed E-state index contributed by atoms with van der Waals surface area (Å²) < 4.78 is 28.0. The molecule has 0 radical (unpaired) electrons. The molecule has 1 saturated carbocycles. The number of benzene rings is 1. The molecule has 2 rings (SSSR count). The van der Waals surface area contributed by atoms with Crippen molar-refractivity contribution in [2.45, 2.75) is 48.4 Å². The van der Waals surface area contributed by atoms with Crippen LogP contribution in [0.15, 0.2) is 29.2 Å². The highest BCUT2D eigenvalue weighted by molar-refractivity contribution is 7.99. The van der Waals surface area contributed by atoms with E-state index >= 15 is 0 Å². The lowest BCUT2D eigenvalue weighted by Crippen LogP contribution is -2.43. The van der Waals surface area contributed by atoms with Gasteiger partial charge < -0.3 is 5.73 Å². The molecule has 1 aliphatic rings. The lowest BCUT2D eigenvalue weighted by molar-refractivity contribution is 0.423. The zero-order valence-corrected chi connectivity index (χ0v) is 13.3. The predicted molar refractivity (Wildman–Crippen MR) is 84.2 cm³/mol. The van der Waals surface area contributed by atoms with E-state index in [2.05, 4.69) is 4.72 Å². The summed E-state index contributed by atoms with van der Waals surface area (Å²) in [6, 6.07) is 6.96. The van der Waals surface area contributed by atoms with Gasteiger partial charge >= 0.3 is 0 Å². The van der Waals surface area contributed by atoms with Gasteiger partial charge in [-0.1, -0.05) is 31.0 Å². The van der Waals surface area contributed by atoms with Crippen molar-refractivity contribution in [3.63, 3.8) is 0 Å². The minimum atomic E-state index is -3.49. The number of hydrogen-bond donors (Lipinski definition) is 2. The van der Waals surface area contributed by atoms with E-state index < -0.39 is 10.0 Å². The van der Waals surface area contributed by atoms with Gasteiger partial charge in [0.15, 0.2) is 0 Å². The fourth-order valence-electron chi connectivity index (χ4n) is 2.71. The SMILES string of the molecule is CSC1CCCCC1NS(=O)(=O)c1ccccc1CN. The molecular weight excluding hydrogens is 292 g/mol. The number of hydrogen-bond acceptors (Lipinski definition) is 4. The third-order valence-electron chi connectivity index (χ3n) is 3.79. The van der Waals surface area contributed by atoms with E-state index in [1.807, 2.05) is 12.3 Å². The first-order chi connectivity index (χ1) is 9.58. The molecule has 3 N–H and O–H groups in total. The molecule has 2 unspecified atom stereocenters. The molecule has 4 nitrogen and oxygen atoms in total. The zero-order chi connectivity index (χ0) is 14.6. The summed E-state index contributed by atoms with van der Waals surface area (Å²) in [5.74, 6) is 0. The molecule has 20 heavy (non-hydrogen) atoms. The van der Waals surface area contributed by atoms with E-state index in [0.717, 1.165) is 19.3 Å². The summed E-state index contributed by atoms with van der Waals surface area (Å²) in [5.41, 5.74) is 6.30. The van der Waals surface area contributed by atoms with Gasteiger partial charge in [0.1, 0.15) is 0 Å². The standard InChI is InChI=1S/C14H22N2O2S2/c1-19-13-8-4-3-7-12(13)16-20(17,18)14-9-5-2-6-11(14)10-15/h2,5-6,9,12-13,16H,3-4,7-8,10,15H2,1H3. The Kier molecular flexibility index (Phi) is 5.49. The Balaban J connectivity index is 2.22. The van der Waals surface area contributed by atoms with Gasteiger partial charge in [0.25, 0.3) is 0 Å². The van der Waals surface area contributed by atoms with Crippen LogP contribution in [0.25, 0.3) is 0 Å². The van der Waals surface area contributed by atoms with Crippen LogP contribution in [0.4, 0.5) is 0 Å². The number of rotatable bonds is 5. The topological polar surface area (TPSA) is 72.2 Å². The largest absolute Gasteiger partial charge is 0.326 e. The smallest absolute Gasteiger partial charge is 0.241 e. The van der Waals surface area contributed by atoms with Gasteiger partial charge in [-0.3, -0.25) is 0 Å². The molecule has 0 saturated heterocycles. The van der Waals surface area contributed by atoms with Gasteiger partial charge in [0, 0.05) is 17.8 Å². The first-order valence-electron chi connectivity index (χ1n) is 6.91. The van der Waals surface area contributed by atoms with E-state index in [1.165, 1.54) is 6.42 Å². The maximum absolute atomic E-state index is 12.6. The Morgan fingerprint density at radius 1 is 1.30 bits per heavy atom. The average Bonchev–Trinajstić information content (AvgIpc) is 2.47. The van der Waals surface area contributed by atoms with Crippen molar-refractivity contribution in [3.8, 4) is 0 Å². The molecule has 1 aromatic carbocycles. The third-order valence-corrected chi connectivity index (χ3v) is 6.55. The average molecular weight is 314 g/mol. The number of sulfonamides is 1. The maximum Gasteiger partial charge on any atom is 0.241 e. The molecule has 0 aliphatic heterocycles. The monoisotopic (exact) mass is 314 g/mol. The van der Waals surface area contributed by atoms with Gasteiger partial charge in [-0.25, -0.2) is 13.1 Å². The summed E-state index contributed by atoms with van der Waals surface area (Å²) in [6.45, 7) is 0.230. The van der Waals surface area contributed by atoms with Gasteiger partial charge in [-0.05, 0) is 30.7 Å². The van der Waals surface area contributed by atoms with Crippen LogP contribution < -0.4 is 10.5 Å². The molecule has 0 aromatic heterocycles. The van der Waals surface area contributed by atoms with Crippen molar-refractivity contribution in [1.82, 2.24) is 4.72 Å². The molecule has 0 bridgehead atoms. The van der Waals surface area contributed by atoms with Crippen molar-refractivity contribution in [1.29, 1.82) is 0 Å². The Bertz CT molecular complexity index is 546. The van der Waals surface area contributed by atoms with E-state index in [0.29, 0.717) is 15.7 Å². The van der Waals surface area contributed by atoms with Crippen LogP contribution >= 0.6 is 11.8 Å². The van der Waals surface area contributed by atoms with Gasteiger partial charge in [0.2, 0.25) is 10.0 Å². The predicted octanol–water partition coefficient (Wildman–Crippen LogP) is 2.10. The molecule has 1 aliphatic carbocycles. The minimum absolute atomic E-state index is 0.0228. The molecule has 0 heterocycles. The van der Waals surface area contributed by atoms with Gasteiger partial charge in [-0.15, -0.1) is 0 Å². The summed E-state index contributed by atoms with van der Waals surface area (Å²) in [5, 5.41) is 0.364. The molecule has 1 fully saturated rings. The quantitative estimate of drug-likeness (QED) is 0.873. The highest BCUT2D eigenvalue weighted by Crippen LogP contribution is 2.28. The highest BCUT2D eigenvalue weighted by Gasteiger charge is 2.29. The van der Waals surface area contributed by atoms with Crippen LogP contribution in [-0.4, -0.2) is 26.0 Å². The van der Waals surface area contributed by atoms with Crippen LogP contribution in [-0.2, 0) is 16.6 Å². The summed E-state index contributed by atoms with van der Waals surface area (Å²) in [4.78, 5) is 0.313. The molecule has 0 amide bonds. The molecule has 6 heteroatoms. The Hall–Kier alpha value is -0.560. The fourth-order valence-corrected chi connectivity index (χ4v) is 5.29. The Morgan fingerprint density at radius 2 is 2.00 bits per heavy atom. The molecule has 1 aromatic rings. The first kappa shape index (κ1) is 15.8. The normalized spacial score (nSPS) is 23.7.